The molecule has 0 amide bonds. The van der Waals surface area contributed by atoms with E-state index in [2.05, 4.69) is 17.4 Å². The first kappa shape index (κ1) is 15.8. The van der Waals surface area contributed by atoms with Crippen molar-refractivity contribution in [3.63, 3.8) is 0 Å². The molecule has 0 aliphatic rings. The smallest absolute Gasteiger partial charge is 0.142 e. The predicted molar refractivity (Wildman–Crippen MR) is 84.4 cm³/mol. The molecule has 0 aliphatic carbocycles. The van der Waals surface area contributed by atoms with Crippen LogP contribution in [0.3, 0.4) is 0 Å². The minimum Gasteiger partial charge on any atom is -0.488 e. The van der Waals surface area contributed by atoms with Gasteiger partial charge in [0.15, 0.2) is 0 Å². The van der Waals surface area contributed by atoms with Crippen LogP contribution < -0.4 is 10.1 Å². The van der Waals surface area contributed by atoms with Gasteiger partial charge in [0.05, 0.1) is 5.02 Å². The minimum absolute atomic E-state index is 0.127. The first-order valence-electron chi connectivity index (χ1n) is 6.82. The minimum atomic E-state index is -0.421. The van der Waals surface area contributed by atoms with Gasteiger partial charge in [-0.2, -0.15) is 0 Å². The van der Waals surface area contributed by atoms with Crippen molar-refractivity contribution >= 4 is 11.6 Å². The molecule has 0 spiro atoms. The summed E-state index contributed by atoms with van der Waals surface area (Å²) < 4.78 is 19.3. The highest BCUT2D eigenvalue weighted by molar-refractivity contribution is 6.30. The van der Waals surface area contributed by atoms with Crippen molar-refractivity contribution in [3.8, 4) is 5.75 Å². The molecule has 0 unspecified atom stereocenters. The van der Waals surface area contributed by atoms with Crippen LogP contribution in [0.1, 0.15) is 22.3 Å². The van der Waals surface area contributed by atoms with E-state index < -0.39 is 5.82 Å². The second-order valence-corrected chi connectivity index (χ2v) is 5.53. The summed E-state index contributed by atoms with van der Waals surface area (Å²) in [5.74, 6) is 0.431. The summed E-state index contributed by atoms with van der Waals surface area (Å²) in [6.07, 6.45) is 0. The van der Waals surface area contributed by atoms with E-state index in [-0.39, 0.29) is 5.02 Å². The number of nitrogens with one attached hydrogen (secondary N) is 1. The lowest BCUT2D eigenvalue weighted by Crippen LogP contribution is -2.06. The Hall–Kier alpha value is -1.58. The predicted octanol–water partition coefficient (Wildman–Crippen LogP) is 4.39. The normalized spacial score (nSPS) is 10.7. The number of ether oxygens (including phenoxy) is 1. The molecule has 1 N–H and O–H groups in total. The van der Waals surface area contributed by atoms with Crippen molar-refractivity contribution in [2.75, 3.05) is 7.05 Å². The van der Waals surface area contributed by atoms with Crippen molar-refractivity contribution in [1.29, 1.82) is 0 Å². The van der Waals surface area contributed by atoms with Gasteiger partial charge < -0.3 is 10.1 Å². The van der Waals surface area contributed by atoms with Crippen LogP contribution in [0.15, 0.2) is 30.3 Å². The number of aryl methyl sites for hydroxylation is 2. The monoisotopic (exact) mass is 307 g/mol. The Morgan fingerprint density at radius 1 is 1.10 bits per heavy atom. The molecular weight excluding hydrogens is 289 g/mol. The zero-order valence-corrected chi connectivity index (χ0v) is 13.2. The van der Waals surface area contributed by atoms with Crippen LogP contribution in [-0.2, 0) is 13.2 Å². The second kappa shape index (κ2) is 6.92. The number of benzene rings is 2. The van der Waals surface area contributed by atoms with Crippen molar-refractivity contribution < 1.29 is 9.13 Å². The van der Waals surface area contributed by atoms with Gasteiger partial charge in [-0.05, 0) is 55.3 Å². The molecule has 0 bridgehead atoms. The highest BCUT2D eigenvalue weighted by Crippen LogP contribution is 2.26. The summed E-state index contributed by atoms with van der Waals surface area (Å²) in [6.45, 7) is 5.18. The van der Waals surface area contributed by atoms with Crippen molar-refractivity contribution in [2.45, 2.75) is 27.0 Å². The van der Waals surface area contributed by atoms with Crippen molar-refractivity contribution in [2.24, 2.45) is 0 Å². The third kappa shape index (κ3) is 3.96. The molecule has 21 heavy (non-hydrogen) atoms. The Labute approximate surface area is 129 Å². The fourth-order valence-electron chi connectivity index (χ4n) is 2.36. The number of rotatable bonds is 5. The molecular formula is C17H19ClFNO. The van der Waals surface area contributed by atoms with Gasteiger partial charge in [0.1, 0.15) is 18.2 Å². The van der Waals surface area contributed by atoms with Gasteiger partial charge in [0.25, 0.3) is 0 Å². The molecule has 4 heteroatoms. The van der Waals surface area contributed by atoms with Crippen LogP contribution in [0, 0.1) is 19.7 Å². The molecule has 0 saturated carbocycles. The molecule has 2 aromatic rings. The topological polar surface area (TPSA) is 21.3 Å². The molecule has 0 radical (unpaired) electrons. The second-order valence-electron chi connectivity index (χ2n) is 5.13. The summed E-state index contributed by atoms with van der Waals surface area (Å²) in [5.41, 5.74) is 4.14. The molecule has 0 atom stereocenters. The Morgan fingerprint density at radius 3 is 2.33 bits per heavy atom. The third-order valence-electron chi connectivity index (χ3n) is 3.27. The third-order valence-corrected chi connectivity index (χ3v) is 3.57. The van der Waals surface area contributed by atoms with Crippen LogP contribution in [-0.4, -0.2) is 7.05 Å². The highest BCUT2D eigenvalue weighted by atomic mass is 35.5. The summed E-state index contributed by atoms with van der Waals surface area (Å²) in [7, 11) is 1.92. The SMILES string of the molecule is CNCc1cc(C)c(OCc2ccc(Cl)c(F)c2)c(C)c1. The van der Waals surface area contributed by atoms with E-state index in [1.54, 1.807) is 12.1 Å². The Bertz CT molecular complexity index is 620. The molecule has 0 aliphatic heterocycles. The average molecular weight is 308 g/mol. The lowest BCUT2D eigenvalue weighted by Gasteiger charge is -2.14. The zero-order valence-electron chi connectivity index (χ0n) is 12.5. The van der Waals surface area contributed by atoms with Crippen LogP contribution in [0.5, 0.6) is 5.75 Å². The van der Waals surface area contributed by atoms with Crippen LogP contribution in [0.2, 0.25) is 5.02 Å². The lowest BCUT2D eigenvalue weighted by atomic mass is 10.1. The number of halogens is 2. The fourth-order valence-corrected chi connectivity index (χ4v) is 2.48. The molecule has 2 rings (SSSR count). The maximum atomic E-state index is 13.4. The summed E-state index contributed by atoms with van der Waals surface area (Å²) in [6, 6.07) is 8.92. The van der Waals surface area contributed by atoms with Crippen molar-refractivity contribution in [3.05, 3.63) is 63.4 Å². The maximum Gasteiger partial charge on any atom is 0.142 e. The quantitative estimate of drug-likeness (QED) is 0.884. The van der Waals surface area contributed by atoms with Crippen molar-refractivity contribution in [1.82, 2.24) is 5.32 Å². The first-order valence-corrected chi connectivity index (χ1v) is 7.20. The maximum absolute atomic E-state index is 13.4. The molecule has 0 heterocycles. The standard InChI is InChI=1S/C17H19ClFNO/c1-11-6-14(9-20-3)7-12(2)17(11)21-10-13-4-5-15(18)16(19)8-13/h4-8,20H,9-10H2,1-3H3. The first-order chi connectivity index (χ1) is 10.0. The average Bonchev–Trinajstić information content (AvgIpc) is 2.42. The number of hydrogen-bond acceptors (Lipinski definition) is 2. The van der Waals surface area contributed by atoms with Gasteiger partial charge in [-0.15, -0.1) is 0 Å². The summed E-state index contributed by atoms with van der Waals surface area (Å²) in [5, 5.41) is 3.26. The van der Waals surface area contributed by atoms with E-state index in [0.29, 0.717) is 6.61 Å². The van der Waals surface area contributed by atoms with Gasteiger partial charge in [0.2, 0.25) is 0 Å². The van der Waals surface area contributed by atoms with E-state index in [0.717, 1.165) is 29.0 Å². The molecule has 0 aromatic heterocycles. The molecule has 2 aromatic carbocycles. The Balaban J connectivity index is 2.14. The summed E-state index contributed by atoms with van der Waals surface area (Å²) >= 11 is 5.67. The van der Waals surface area contributed by atoms with Crippen LogP contribution >= 0.6 is 11.6 Å². The van der Waals surface area contributed by atoms with Gasteiger partial charge >= 0.3 is 0 Å². The van der Waals surface area contributed by atoms with Gasteiger partial charge in [0, 0.05) is 6.54 Å². The Kier molecular flexibility index (Phi) is 5.21. The largest absolute Gasteiger partial charge is 0.488 e. The molecule has 2 nitrogen and oxygen atoms in total. The van der Waals surface area contributed by atoms with E-state index in [4.69, 9.17) is 16.3 Å². The van der Waals surface area contributed by atoms with E-state index in [1.807, 2.05) is 20.9 Å². The molecule has 0 fully saturated rings. The summed E-state index contributed by atoms with van der Waals surface area (Å²) in [4.78, 5) is 0. The van der Waals surface area contributed by atoms with Gasteiger partial charge in [-0.3, -0.25) is 0 Å². The molecule has 0 saturated heterocycles. The fraction of sp³-hybridized carbons (Fsp3) is 0.294. The van der Waals surface area contributed by atoms with E-state index in [1.165, 1.54) is 11.6 Å². The van der Waals surface area contributed by atoms with Gasteiger partial charge in [-0.1, -0.05) is 29.8 Å². The highest BCUT2D eigenvalue weighted by Gasteiger charge is 2.08. The Morgan fingerprint density at radius 2 is 1.76 bits per heavy atom. The van der Waals surface area contributed by atoms with Gasteiger partial charge in [-0.25, -0.2) is 4.39 Å². The zero-order chi connectivity index (χ0) is 15.4. The van der Waals surface area contributed by atoms with Crippen LogP contribution in [0.25, 0.3) is 0 Å². The lowest BCUT2D eigenvalue weighted by molar-refractivity contribution is 0.301. The molecule has 112 valence electrons. The number of hydrogen-bond donors (Lipinski definition) is 1. The van der Waals surface area contributed by atoms with E-state index >= 15 is 0 Å². The van der Waals surface area contributed by atoms with E-state index in [9.17, 15) is 4.39 Å². The van der Waals surface area contributed by atoms with Crippen LogP contribution in [0.4, 0.5) is 4.39 Å².